The van der Waals surface area contributed by atoms with Crippen molar-refractivity contribution in [3.63, 3.8) is 0 Å². The minimum Gasteiger partial charge on any atom is -0.497 e. The topological polar surface area (TPSA) is 84.1 Å². The number of nitrogens with one attached hydrogen (secondary N) is 2. The van der Waals surface area contributed by atoms with Gasteiger partial charge in [-0.15, -0.1) is 0 Å². The normalized spacial score (nSPS) is 11.2. The summed E-state index contributed by atoms with van der Waals surface area (Å²) in [6, 6.07) is 6.02. The first-order valence-corrected chi connectivity index (χ1v) is 6.75. The van der Waals surface area contributed by atoms with Gasteiger partial charge in [0.2, 0.25) is 0 Å². The highest BCUT2D eigenvalue weighted by atomic mass is 35.5. The van der Waals surface area contributed by atoms with Crippen molar-refractivity contribution in [1.29, 1.82) is 0 Å². The summed E-state index contributed by atoms with van der Waals surface area (Å²) in [4.78, 5) is 0. The molecular weight excluding hydrogens is 278 g/mol. The van der Waals surface area contributed by atoms with Crippen molar-refractivity contribution >= 4 is 27.3 Å². The molecule has 0 radical (unpaired) electrons. The lowest BCUT2D eigenvalue weighted by Crippen LogP contribution is -2.13. The first-order valence-electron chi connectivity index (χ1n) is 4.88. The van der Waals surface area contributed by atoms with Gasteiger partial charge in [-0.1, -0.05) is 11.6 Å². The smallest absolute Gasteiger partial charge is 0.278 e. The van der Waals surface area contributed by atoms with Gasteiger partial charge in [0.25, 0.3) is 10.0 Å². The molecule has 0 atom stereocenters. The van der Waals surface area contributed by atoms with Crippen molar-refractivity contribution in [1.82, 2.24) is 10.2 Å². The predicted octanol–water partition coefficient (Wildman–Crippen LogP) is 1.87. The fraction of sp³-hybridized carbons (Fsp3) is 0.100. The molecular formula is C10H10ClN3O3S. The van der Waals surface area contributed by atoms with Gasteiger partial charge in [0.1, 0.15) is 5.75 Å². The van der Waals surface area contributed by atoms with Crippen LogP contribution in [0.2, 0.25) is 5.02 Å². The number of nitrogens with zero attached hydrogens (tertiary/aromatic N) is 1. The summed E-state index contributed by atoms with van der Waals surface area (Å²) in [5.41, 5.74) is 0.241. The molecule has 0 amide bonds. The van der Waals surface area contributed by atoms with Crippen molar-refractivity contribution in [3.8, 4) is 5.75 Å². The zero-order valence-electron chi connectivity index (χ0n) is 9.34. The number of methoxy groups -OCH3 is 1. The van der Waals surface area contributed by atoms with Crippen LogP contribution in [0.3, 0.4) is 0 Å². The predicted molar refractivity (Wildman–Crippen MR) is 67.4 cm³/mol. The molecule has 0 aliphatic heterocycles. The van der Waals surface area contributed by atoms with Gasteiger partial charge in [-0.3, -0.25) is 9.82 Å². The maximum Gasteiger partial charge on any atom is 0.278 e. The lowest BCUT2D eigenvalue weighted by molar-refractivity contribution is 0.415. The van der Waals surface area contributed by atoms with Crippen LogP contribution in [-0.4, -0.2) is 25.7 Å². The standard InChI is InChI=1S/C10H10ClN3O3S/c1-17-7-2-3-8(11)9(6-7)14-18(15,16)10-4-5-12-13-10/h2-6,14H,1H3,(H,12,13). The number of aromatic nitrogens is 2. The quantitative estimate of drug-likeness (QED) is 0.899. The molecule has 0 aliphatic rings. The Morgan fingerprint density at radius 3 is 2.78 bits per heavy atom. The summed E-state index contributed by atoms with van der Waals surface area (Å²) in [7, 11) is -2.24. The van der Waals surface area contributed by atoms with E-state index in [1.54, 1.807) is 12.1 Å². The van der Waals surface area contributed by atoms with E-state index < -0.39 is 10.0 Å². The molecule has 0 saturated heterocycles. The maximum absolute atomic E-state index is 11.9. The fourth-order valence-corrected chi connectivity index (χ4v) is 2.50. The number of rotatable bonds is 4. The Morgan fingerprint density at radius 2 is 2.17 bits per heavy atom. The Labute approximate surface area is 109 Å². The van der Waals surface area contributed by atoms with Crippen LogP contribution >= 0.6 is 11.6 Å². The zero-order chi connectivity index (χ0) is 13.2. The van der Waals surface area contributed by atoms with E-state index in [-0.39, 0.29) is 15.7 Å². The number of aromatic amines is 1. The SMILES string of the molecule is COc1ccc(Cl)c(NS(=O)(=O)c2ccn[nH]2)c1. The van der Waals surface area contributed by atoms with E-state index in [9.17, 15) is 8.42 Å². The molecule has 0 saturated carbocycles. The summed E-state index contributed by atoms with van der Waals surface area (Å²) in [5.74, 6) is 0.502. The third-order valence-electron chi connectivity index (χ3n) is 2.18. The Hall–Kier alpha value is -1.73. The molecule has 0 aliphatic carbocycles. The van der Waals surface area contributed by atoms with Gasteiger partial charge in [0.05, 0.1) is 24.0 Å². The molecule has 96 valence electrons. The molecule has 1 aromatic heterocycles. The first-order chi connectivity index (χ1) is 8.53. The second kappa shape index (κ2) is 4.87. The summed E-state index contributed by atoms with van der Waals surface area (Å²) in [5, 5.41) is 6.19. The van der Waals surface area contributed by atoms with Crippen LogP contribution in [0.1, 0.15) is 0 Å². The Morgan fingerprint density at radius 1 is 1.39 bits per heavy atom. The molecule has 18 heavy (non-hydrogen) atoms. The molecule has 8 heteroatoms. The van der Waals surface area contributed by atoms with Crippen LogP contribution in [0.5, 0.6) is 5.75 Å². The van der Waals surface area contributed by atoms with E-state index >= 15 is 0 Å². The lowest BCUT2D eigenvalue weighted by Gasteiger charge is -2.09. The minimum absolute atomic E-state index is 0.0404. The van der Waals surface area contributed by atoms with Crippen LogP contribution in [0.15, 0.2) is 35.5 Å². The molecule has 6 nitrogen and oxygen atoms in total. The van der Waals surface area contributed by atoms with Crippen LogP contribution in [0, 0.1) is 0 Å². The van der Waals surface area contributed by atoms with Crippen molar-refractivity contribution in [2.75, 3.05) is 11.8 Å². The van der Waals surface area contributed by atoms with Crippen molar-refractivity contribution in [2.45, 2.75) is 5.03 Å². The number of sulfonamides is 1. The van der Waals surface area contributed by atoms with Gasteiger partial charge in [0, 0.05) is 6.07 Å². The first kappa shape index (κ1) is 12.7. The van der Waals surface area contributed by atoms with Crippen molar-refractivity contribution < 1.29 is 13.2 Å². The van der Waals surface area contributed by atoms with Gasteiger partial charge in [-0.05, 0) is 18.2 Å². The van der Waals surface area contributed by atoms with Crippen molar-refractivity contribution in [3.05, 3.63) is 35.5 Å². The number of anilines is 1. The van der Waals surface area contributed by atoms with Gasteiger partial charge in [-0.2, -0.15) is 13.5 Å². The molecule has 0 fully saturated rings. The van der Waals surface area contributed by atoms with Crippen LogP contribution in [0.4, 0.5) is 5.69 Å². The van der Waals surface area contributed by atoms with Crippen molar-refractivity contribution in [2.24, 2.45) is 0 Å². The van der Waals surface area contributed by atoms with Crippen LogP contribution < -0.4 is 9.46 Å². The highest BCUT2D eigenvalue weighted by Crippen LogP contribution is 2.28. The lowest BCUT2D eigenvalue weighted by atomic mass is 10.3. The Balaban J connectivity index is 2.35. The molecule has 2 rings (SSSR count). The van der Waals surface area contributed by atoms with Gasteiger partial charge in [-0.25, -0.2) is 0 Å². The summed E-state index contributed by atoms with van der Waals surface area (Å²) < 4.78 is 31.2. The van der Waals surface area contributed by atoms with Gasteiger partial charge >= 0.3 is 0 Å². The molecule has 1 aromatic carbocycles. The third-order valence-corrected chi connectivity index (χ3v) is 3.81. The highest BCUT2D eigenvalue weighted by molar-refractivity contribution is 7.92. The molecule has 2 aromatic rings. The summed E-state index contributed by atoms with van der Waals surface area (Å²) in [6.45, 7) is 0. The molecule has 1 heterocycles. The molecule has 0 unspecified atom stereocenters. The fourth-order valence-electron chi connectivity index (χ4n) is 1.30. The van der Waals surface area contributed by atoms with Gasteiger partial charge in [0.15, 0.2) is 5.03 Å². The monoisotopic (exact) mass is 287 g/mol. The second-order valence-corrected chi connectivity index (χ2v) is 5.43. The number of hydrogen-bond acceptors (Lipinski definition) is 4. The number of halogens is 1. The molecule has 2 N–H and O–H groups in total. The van der Waals surface area contributed by atoms with Gasteiger partial charge < -0.3 is 4.74 Å². The highest BCUT2D eigenvalue weighted by Gasteiger charge is 2.17. The van der Waals surface area contributed by atoms with E-state index in [0.717, 1.165) is 0 Å². The number of ether oxygens (including phenoxy) is 1. The average Bonchev–Trinajstić information content (AvgIpc) is 2.86. The van der Waals surface area contributed by atoms with Crippen LogP contribution in [-0.2, 0) is 10.0 Å². The molecule has 0 bridgehead atoms. The number of H-pyrrole nitrogens is 1. The summed E-state index contributed by atoms with van der Waals surface area (Å²) in [6.07, 6.45) is 1.35. The van der Waals surface area contributed by atoms with E-state index in [4.69, 9.17) is 16.3 Å². The molecule has 0 spiro atoms. The minimum atomic E-state index is -3.73. The van der Waals surface area contributed by atoms with E-state index in [1.165, 1.54) is 25.4 Å². The number of benzene rings is 1. The van der Waals surface area contributed by atoms with E-state index in [0.29, 0.717) is 5.75 Å². The van der Waals surface area contributed by atoms with Crippen LogP contribution in [0.25, 0.3) is 0 Å². The zero-order valence-corrected chi connectivity index (χ0v) is 10.9. The second-order valence-electron chi connectivity index (χ2n) is 3.37. The van der Waals surface area contributed by atoms with E-state index in [1.807, 2.05) is 0 Å². The average molecular weight is 288 g/mol. The third kappa shape index (κ3) is 2.57. The number of hydrogen-bond donors (Lipinski definition) is 2. The Kier molecular flexibility index (Phi) is 3.44. The largest absolute Gasteiger partial charge is 0.497 e. The van der Waals surface area contributed by atoms with E-state index in [2.05, 4.69) is 14.9 Å². The maximum atomic E-state index is 11.9. The Bertz CT molecular complexity index is 640. The summed E-state index contributed by atoms with van der Waals surface area (Å²) >= 11 is 5.91.